The molecule has 6 rings (SSSR count). The highest BCUT2D eigenvalue weighted by atomic mass is 16.5. The molecular formula is C42H62N2O7. The normalized spacial score (nSPS) is 37.6. The fourth-order valence-corrected chi connectivity index (χ4v) is 12.6. The Morgan fingerprint density at radius 1 is 0.941 bits per heavy atom. The Bertz CT molecular complexity index is 1560. The highest BCUT2D eigenvalue weighted by Gasteiger charge is 2.69. The van der Waals surface area contributed by atoms with Crippen molar-refractivity contribution < 1.29 is 33.1 Å². The minimum atomic E-state index is -0.610. The Balaban J connectivity index is 1.35. The van der Waals surface area contributed by atoms with Gasteiger partial charge in [-0.2, -0.15) is 0 Å². The van der Waals surface area contributed by atoms with E-state index >= 15 is 4.79 Å². The van der Waals surface area contributed by atoms with Gasteiger partial charge in [0.15, 0.2) is 0 Å². The first-order valence-electron chi connectivity index (χ1n) is 19.3. The third kappa shape index (κ3) is 6.16. The van der Waals surface area contributed by atoms with Crippen LogP contribution >= 0.6 is 0 Å². The van der Waals surface area contributed by atoms with Gasteiger partial charge in [-0.05, 0) is 110 Å². The number of nitrogens with one attached hydrogen (secondary N) is 1. The first-order valence-corrected chi connectivity index (χ1v) is 19.3. The Morgan fingerprint density at radius 3 is 2.33 bits per heavy atom. The van der Waals surface area contributed by atoms with E-state index in [1.54, 1.807) is 17.4 Å². The largest absolute Gasteiger partial charge is 0.472 e. The van der Waals surface area contributed by atoms with Gasteiger partial charge in [0.1, 0.15) is 12.6 Å². The molecule has 0 radical (unpaired) electrons. The average molecular weight is 707 g/mol. The van der Waals surface area contributed by atoms with Gasteiger partial charge in [0, 0.05) is 24.4 Å². The van der Waals surface area contributed by atoms with Gasteiger partial charge < -0.3 is 24.1 Å². The van der Waals surface area contributed by atoms with Crippen LogP contribution in [0.3, 0.4) is 0 Å². The molecule has 5 aliphatic carbocycles. The number of ether oxygens (including phenoxy) is 2. The fraction of sp³-hybridized carbons (Fsp3) is 0.762. The summed E-state index contributed by atoms with van der Waals surface area (Å²) in [6.07, 6.45) is 15.3. The lowest BCUT2D eigenvalue weighted by Gasteiger charge is -2.71. The Morgan fingerprint density at radius 2 is 1.67 bits per heavy atom. The number of carbonyl (C=O) groups excluding carboxylic acids is 4. The van der Waals surface area contributed by atoms with Crippen LogP contribution < -0.4 is 5.32 Å². The number of hydrogen-bond donors (Lipinski definition) is 1. The lowest BCUT2D eigenvalue weighted by atomic mass is 9.33. The fourth-order valence-electron chi connectivity index (χ4n) is 12.6. The summed E-state index contributed by atoms with van der Waals surface area (Å²) in [7, 11) is 1.29. The second-order valence-electron chi connectivity index (χ2n) is 19.0. The molecule has 9 heteroatoms. The summed E-state index contributed by atoms with van der Waals surface area (Å²) in [6, 6.07) is 1.84. The molecule has 2 amide bonds. The van der Waals surface area contributed by atoms with Crippen LogP contribution in [0.25, 0.3) is 0 Å². The van der Waals surface area contributed by atoms with Crippen LogP contribution in [0.15, 0.2) is 34.7 Å². The quantitative estimate of drug-likeness (QED) is 0.218. The number of fused-ring (bicyclic) bond motifs is 7. The van der Waals surface area contributed by atoms with Crippen molar-refractivity contribution in [1.29, 1.82) is 0 Å². The second-order valence-corrected chi connectivity index (χ2v) is 19.0. The molecule has 0 saturated heterocycles. The van der Waals surface area contributed by atoms with Gasteiger partial charge in [0.25, 0.3) is 0 Å². The maximum Gasteiger partial charge on any atom is 0.325 e. The summed E-state index contributed by atoms with van der Waals surface area (Å²) in [5, 5.41) is 2.65. The van der Waals surface area contributed by atoms with Crippen LogP contribution in [0, 0.1) is 50.2 Å². The molecule has 0 aliphatic heterocycles. The lowest BCUT2D eigenvalue weighted by molar-refractivity contribution is -0.212. The molecule has 8 atom stereocenters. The van der Waals surface area contributed by atoms with Gasteiger partial charge in [-0.25, -0.2) is 0 Å². The Kier molecular flexibility index (Phi) is 9.66. The maximum absolute atomic E-state index is 15.2. The van der Waals surface area contributed by atoms with E-state index in [-0.39, 0.29) is 76.5 Å². The van der Waals surface area contributed by atoms with Crippen LogP contribution in [-0.2, 0) is 35.2 Å². The van der Waals surface area contributed by atoms with Gasteiger partial charge in [-0.15, -0.1) is 0 Å². The van der Waals surface area contributed by atoms with Gasteiger partial charge in [0.2, 0.25) is 11.8 Å². The SMILES string of the molecule is COC(=O)CNC(=O)CN(Cc1ccoc1)C(=O)[C@]12CCC(C)(C)C[C@H]1C1=CC[C@@H]3[C@@]4(C)CC[C@H](OC(C)=O)C(C)(C)[C@@H]4CC[C@@]3(C)[C@]1(C)CC2. The molecule has 9 nitrogen and oxygen atoms in total. The van der Waals surface area contributed by atoms with Crippen LogP contribution in [0.2, 0.25) is 0 Å². The predicted molar refractivity (Wildman–Crippen MR) is 194 cm³/mol. The number of hydrogen-bond acceptors (Lipinski definition) is 7. The summed E-state index contributed by atoms with van der Waals surface area (Å²) in [5.74, 6) is -0.0340. The van der Waals surface area contributed by atoms with Crippen LogP contribution in [0.5, 0.6) is 0 Å². The van der Waals surface area contributed by atoms with Crippen LogP contribution in [-0.4, -0.2) is 55.0 Å². The predicted octanol–water partition coefficient (Wildman–Crippen LogP) is 7.63. The van der Waals surface area contributed by atoms with E-state index in [4.69, 9.17) is 13.9 Å². The highest BCUT2D eigenvalue weighted by molar-refractivity contribution is 5.90. The molecule has 1 aromatic rings. The Hall–Kier alpha value is -3.10. The number of carbonyl (C=O) groups is 4. The molecule has 0 bridgehead atoms. The van der Waals surface area contributed by atoms with Gasteiger partial charge in [-0.3, -0.25) is 19.2 Å². The van der Waals surface area contributed by atoms with Gasteiger partial charge in [-0.1, -0.05) is 60.1 Å². The molecule has 1 N–H and O–H groups in total. The number of esters is 2. The second kappa shape index (κ2) is 13.1. The number of nitrogens with zero attached hydrogens (tertiary/aromatic N) is 1. The van der Waals surface area contributed by atoms with E-state index in [0.29, 0.717) is 11.8 Å². The number of allylic oxidation sites excluding steroid dienone is 2. The highest BCUT2D eigenvalue weighted by Crippen LogP contribution is 2.76. The molecule has 1 heterocycles. The molecule has 282 valence electrons. The molecule has 4 saturated carbocycles. The summed E-state index contributed by atoms with van der Waals surface area (Å²) in [5.41, 5.74) is 1.80. The van der Waals surface area contributed by atoms with Gasteiger partial charge >= 0.3 is 11.9 Å². The standard InChI is InChI=1S/C42H62N2O7/c1-27(45)51-33-13-15-39(6)31(38(33,4)5)12-16-41(8)32(39)11-10-29-30-22-37(2,3)17-19-42(30,20-18-40(29,41)7)36(48)44(24-28-14-21-50-26-28)25-34(46)43-23-35(47)49-9/h10,14,21,26,30-33H,11-13,15-20,22-25H2,1-9H3,(H,43,46)/t30-,31-,32+,33-,39-,40+,41+,42-/m0/s1. The van der Waals surface area contributed by atoms with E-state index in [1.165, 1.54) is 19.6 Å². The summed E-state index contributed by atoms with van der Waals surface area (Å²) >= 11 is 0. The molecule has 1 aromatic heterocycles. The molecule has 0 unspecified atom stereocenters. The number of methoxy groups -OCH3 is 1. The first kappa shape index (κ1) is 37.7. The zero-order valence-corrected chi connectivity index (χ0v) is 32.6. The monoisotopic (exact) mass is 706 g/mol. The molecule has 0 spiro atoms. The maximum atomic E-state index is 15.2. The van der Waals surface area contributed by atoms with Crippen molar-refractivity contribution in [3.05, 3.63) is 35.8 Å². The van der Waals surface area contributed by atoms with E-state index in [2.05, 4.69) is 59.9 Å². The Labute approximate surface area is 305 Å². The topological polar surface area (TPSA) is 115 Å². The summed E-state index contributed by atoms with van der Waals surface area (Å²) < 4.78 is 16.0. The minimum absolute atomic E-state index is 0.0360. The molecule has 4 fully saturated rings. The molecule has 51 heavy (non-hydrogen) atoms. The third-order valence-electron chi connectivity index (χ3n) is 15.5. The van der Waals surface area contributed by atoms with E-state index in [9.17, 15) is 14.4 Å². The molecular weight excluding hydrogens is 644 g/mol. The minimum Gasteiger partial charge on any atom is -0.472 e. The van der Waals surface area contributed by atoms with E-state index in [0.717, 1.165) is 69.8 Å². The smallest absolute Gasteiger partial charge is 0.325 e. The third-order valence-corrected chi connectivity index (χ3v) is 15.5. The summed E-state index contributed by atoms with van der Waals surface area (Å²) in [6.45, 7) is 18.4. The number of rotatable bonds is 8. The zero-order valence-electron chi connectivity index (χ0n) is 32.6. The van der Waals surface area contributed by atoms with Crippen molar-refractivity contribution in [3.8, 4) is 0 Å². The van der Waals surface area contributed by atoms with Crippen LogP contribution in [0.1, 0.15) is 125 Å². The van der Waals surface area contributed by atoms with Crippen molar-refractivity contribution in [2.24, 2.45) is 50.2 Å². The van der Waals surface area contributed by atoms with Crippen molar-refractivity contribution >= 4 is 23.8 Å². The lowest BCUT2D eigenvalue weighted by Crippen LogP contribution is -2.65. The van der Waals surface area contributed by atoms with E-state index in [1.807, 2.05) is 6.07 Å². The van der Waals surface area contributed by atoms with Crippen molar-refractivity contribution in [3.63, 3.8) is 0 Å². The van der Waals surface area contributed by atoms with E-state index < -0.39 is 11.4 Å². The first-order chi connectivity index (χ1) is 23.8. The molecule has 5 aliphatic rings. The molecule has 0 aromatic carbocycles. The van der Waals surface area contributed by atoms with Crippen LogP contribution in [0.4, 0.5) is 0 Å². The summed E-state index contributed by atoms with van der Waals surface area (Å²) in [4.78, 5) is 54.1. The van der Waals surface area contributed by atoms with Crippen molar-refractivity contribution in [2.75, 3.05) is 20.2 Å². The number of furan rings is 1. The van der Waals surface area contributed by atoms with Gasteiger partial charge in [0.05, 0.1) is 31.6 Å². The van der Waals surface area contributed by atoms with Crippen molar-refractivity contribution in [1.82, 2.24) is 10.2 Å². The van der Waals surface area contributed by atoms with Crippen molar-refractivity contribution in [2.45, 2.75) is 132 Å². The average Bonchev–Trinajstić information content (AvgIpc) is 3.57. The zero-order chi connectivity index (χ0) is 37.2. The number of amides is 2.